The third-order valence-electron chi connectivity index (χ3n) is 3.09. The minimum atomic E-state index is -1.04. The predicted molar refractivity (Wildman–Crippen MR) is 72.7 cm³/mol. The summed E-state index contributed by atoms with van der Waals surface area (Å²) in [5.41, 5.74) is 1.01. The number of carbonyl (C=O) groups is 1. The minimum absolute atomic E-state index is 0.134. The molecule has 1 aliphatic rings. The lowest BCUT2D eigenvalue weighted by Gasteiger charge is -2.14. The molecule has 0 amide bonds. The van der Waals surface area contributed by atoms with Crippen LogP contribution in [0, 0.1) is 0 Å². The first-order valence-electron chi connectivity index (χ1n) is 6.41. The van der Waals surface area contributed by atoms with Crippen LogP contribution in [-0.4, -0.2) is 29.9 Å². The number of epoxide rings is 1. The Kier molecular flexibility index (Phi) is 3.50. The van der Waals surface area contributed by atoms with Crippen LogP contribution >= 0.6 is 0 Å². The summed E-state index contributed by atoms with van der Waals surface area (Å²) in [6.07, 6.45) is -1.34. The SMILES string of the molecule is O=C(c1ccccc1)c1ccccc1OC(O)C1CO1. The van der Waals surface area contributed by atoms with Crippen LogP contribution in [0.15, 0.2) is 54.6 Å². The van der Waals surface area contributed by atoms with Crippen molar-refractivity contribution in [3.8, 4) is 5.75 Å². The molecule has 4 heteroatoms. The van der Waals surface area contributed by atoms with E-state index in [9.17, 15) is 9.90 Å². The fourth-order valence-corrected chi connectivity index (χ4v) is 1.93. The summed E-state index contributed by atoms with van der Waals surface area (Å²) in [7, 11) is 0. The van der Waals surface area contributed by atoms with Crippen molar-refractivity contribution in [2.24, 2.45) is 0 Å². The van der Waals surface area contributed by atoms with E-state index in [1.807, 2.05) is 18.2 Å². The molecule has 1 N–H and O–H groups in total. The van der Waals surface area contributed by atoms with Crippen molar-refractivity contribution >= 4 is 5.78 Å². The van der Waals surface area contributed by atoms with Crippen LogP contribution in [0.3, 0.4) is 0 Å². The average molecular weight is 270 g/mol. The predicted octanol–water partition coefficient (Wildman–Crippen LogP) is 2.01. The van der Waals surface area contributed by atoms with Gasteiger partial charge in [-0.3, -0.25) is 4.79 Å². The van der Waals surface area contributed by atoms with Gasteiger partial charge in [-0.15, -0.1) is 0 Å². The Morgan fingerprint density at radius 3 is 2.50 bits per heavy atom. The molecule has 4 nitrogen and oxygen atoms in total. The number of para-hydroxylation sites is 1. The number of ether oxygens (including phenoxy) is 2. The number of hydrogen-bond acceptors (Lipinski definition) is 4. The molecule has 1 fully saturated rings. The Morgan fingerprint density at radius 1 is 1.15 bits per heavy atom. The topological polar surface area (TPSA) is 59.1 Å². The number of aliphatic hydroxyl groups excluding tert-OH is 1. The van der Waals surface area contributed by atoms with Crippen LogP contribution in [0.5, 0.6) is 5.75 Å². The number of hydrogen-bond donors (Lipinski definition) is 1. The third-order valence-corrected chi connectivity index (χ3v) is 3.09. The molecule has 1 heterocycles. The minimum Gasteiger partial charge on any atom is -0.461 e. The van der Waals surface area contributed by atoms with Gasteiger partial charge in [0.2, 0.25) is 6.29 Å². The zero-order valence-corrected chi connectivity index (χ0v) is 10.7. The molecule has 2 unspecified atom stereocenters. The molecule has 1 aliphatic heterocycles. The number of ketones is 1. The van der Waals surface area contributed by atoms with Crippen molar-refractivity contribution in [1.82, 2.24) is 0 Å². The molecule has 0 spiro atoms. The van der Waals surface area contributed by atoms with Crippen molar-refractivity contribution in [3.63, 3.8) is 0 Å². The van der Waals surface area contributed by atoms with E-state index in [-0.39, 0.29) is 11.9 Å². The lowest BCUT2D eigenvalue weighted by molar-refractivity contribution is -0.0370. The molecule has 1 saturated heterocycles. The smallest absolute Gasteiger partial charge is 0.226 e. The highest BCUT2D eigenvalue weighted by Gasteiger charge is 2.33. The molecule has 2 aromatic carbocycles. The van der Waals surface area contributed by atoms with Gasteiger partial charge in [-0.2, -0.15) is 0 Å². The summed E-state index contributed by atoms with van der Waals surface area (Å²) < 4.78 is 10.4. The van der Waals surface area contributed by atoms with Gasteiger partial charge in [-0.1, -0.05) is 42.5 Å². The van der Waals surface area contributed by atoms with Gasteiger partial charge < -0.3 is 14.6 Å². The van der Waals surface area contributed by atoms with Crippen LogP contribution in [0.4, 0.5) is 0 Å². The monoisotopic (exact) mass is 270 g/mol. The highest BCUT2D eigenvalue weighted by atomic mass is 16.7. The molecule has 3 rings (SSSR count). The third kappa shape index (κ3) is 2.71. The number of benzene rings is 2. The van der Waals surface area contributed by atoms with E-state index in [4.69, 9.17) is 9.47 Å². The molecule has 0 radical (unpaired) electrons. The summed E-state index contributed by atoms with van der Waals surface area (Å²) >= 11 is 0. The quantitative estimate of drug-likeness (QED) is 0.513. The van der Waals surface area contributed by atoms with Gasteiger partial charge in [0.1, 0.15) is 11.9 Å². The first-order valence-corrected chi connectivity index (χ1v) is 6.41. The summed E-state index contributed by atoms with van der Waals surface area (Å²) in [5.74, 6) is 0.231. The van der Waals surface area contributed by atoms with Gasteiger partial charge in [0.25, 0.3) is 0 Å². The summed E-state index contributed by atoms with van der Waals surface area (Å²) in [6, 6.07) is 15.9. The van der Waals surface area contributed by atoms with E-state index in [1.165, 1.54) is 0 Å². The molecule has 0 bridgehead atoms. The Balaban J connectivity index is 1.87. The number of carbonyl (C=O) groups excluding carboxylic acids is 1. The van der Waals surface area contributed by atoms with Gasteiger partial charge in [-0.25, -0.2) is 0 Å². The average Bonchev–Trinajstić information content (AvgIpc) is 3.33. The molecule has 102 valence electrons. The van der Waals surface area contributed by atoms with Crippen LogP contribution in [0.1, 0.15) is 15.9 Å². The van der Waals surface area contributed by atoms with Gasteiger partial charge in [0.15, 0.2) is 5.78 Å². The molecular formula is C16H14O4. The maximum absolute atomic E-state index is 12.4. The zero-order valence-electron chi connectivity index (χ0n) is 10.7. The maximum Gasteiger partial charge on any atom is 0.226 e. The van der Waals surface area contributed by atoms with Gasteiger partial charge >= 0.3 is 0 Å². The van der Waals surface area contributed by atoms with E-state index in [0.717, 1.165) is 0 Å². The Hall–Kier alpha value is -2.17. The second kappa shape index (κ2) is 5.45. The summed E-state index contributed by atoms with van der Waals surface area (Å²) in [6.45, 7) is 0.482. The van der Waals surface area contributed by atoms with Gasteiger partial charge in [0.05, 0.1) is 12.2 Å². The second-order valence-electron chi connectivity index (χ2n) is 4.57. The molecule has 20 heavy (non-hydrogen) atoms. The first kappa shape index (κ1) is 12.8. The Morgan fingerprint density at radius 2 is 1.80 bits per heavy atom. The lowest BCUT2D eigenvalue weighted by atomic mass is 10.0. The van der Waals surface area contributed by atoms with Crippen LogP contribution < -0.4 is 4.74 Å². The van der Waals surface area contributed by atoms with Crippen molar-refractivity contribution < 1.29 is 19.4 Å². The number of rotatable bonds is 5. The van der Waals surface area contributed by atoms with Crippen LogP contribution in [-0.2, 0) is 4.74 Å². The van der Waals surface area contributed by atoms with E-state index in [1.54, 1.807) is 36.4 Å². The fourth-order valence-electron chi connectivity index (χ4n) is 1.93. The summed E-state index contributed by atoms with van der Waals surface area (Å²) in [5, 5.41) is 9.76. The molecule has 2 atom stereocenters. The van der Waals surface area contributed by atoms with E-state index in [0.29, 0.717) is 23.5 Å². The van der Waals surface area contributed by atoms with E-state index >= 15 is 0 Å². The molecule has 2 aromatic rings. The largest absolute Gasteiger partial charge is 0.461 e. The lowest BCUT2D eigenvalue weighted by Crippen LogP contribution is -2.23. The molecular weight excluding hydrogens is 256 g/mol. The van der Waals surface area contributed by atoms with Gasteiger partial charge in [-0.05, 0) is 12.1 Å². The highest BCUT2D eigenvalue weighted by molar-refractivity contribution is 6.10. The van der Waals surface area contributed by atoms with E-state index < -0.39 is 6.29 Å². The van der Waals surface area contributed by atoms with Crippen molar-refractivity contribution in [3.05, 3.63) is 65.7 Å². The van der Waals surface area contributed by atoms with Gasteiger partial charge in [0, 0.05) is 5.56 Å². The summed E-state index contributed by atoms with van der Waals surface area (Å²) in [4.78, 5) is 12.4. The van der Waals surface area contributed by atoms with Crippen molar-refractivity contribution in [2.75, 3.05) is 6.61 Å². The Bertz CT molecular complexity index is 605. The van der Waals surface area contributed by atoms with Crippen LogP contribution in [0.25, 0.3) is 0 Å². The highest BCUT2D eigenvalue weighted by Crippen LogP contribution is 2.25. The molecule has 0 saturated carbocycles. The Labute approximate surface area is 116 Å². The van der Waals surface area contributed by atoms with Crippen LogP contribution in [0.2, 0.25) is 0 Å². The first-order chi connectivity index (χ1) is 9.75. The van der Waals surface area contributed by atoms with Crippen molar-refractivity contribution in [1.29, 1.82) is 0 Å². The normalized spacial score (nSPS) is 18.4. The standard InChI is InChI=1S/C16H14O4/c17-15(11-6-2-1-3-7-11)12-8-4-5-9-13(12)20-16(18)14-10-19-14/h1-9,14,16,18H,10H2. The van der Waals surface area contributed by atoms with Crippen molar-refractivity contribution in [2.45, 2.75) is 12.4 Å². The number of aliphatic hydroxyl groups is 1. The zero-order chi connectivity index (χ0) is 13.9. The molecule has 0 aliphatic carbocycles. The molecule has 0 aromatic heterocycles. The maximum atomic E-state index is 12.4. The fraction of sp³-hybridized carbons (Fsp3) is 0.188. The van der Waals surface area contributed by atoms with E-state index in [2.05, 4.69) is 0 Å². The second-order valence-corrected chi connectivity index (χ2v) is 4.57.